The average Bonchev–Trinajstić information content (AvgIpc) is 2.71. The quantitative estimate of drug-likeness (QED) is 0.425. The van der Waals surface area contributed by atoms with Gasteiger partial charge in [-0.05, 0) is 49.1 Å². The lowest BCUT2D eigenvalue weighted by molar-refractivity contribution is -0.140. The summed E-state index contributed by atoms with van der Waals surface area (Å²) in [7, 11) is 0. The summed E-state index contributed by atoms with van der Waals surface area (Å²) in [6.07, 6.45) is 1.77. The first-order valence-corrected chi connectivity index (χ1v) is 10.00. The maximum atomic E-state index is 12.6. The lowest BCUT2D eigenvalue weighted by Crippen LogP contribution is -2.42. The van der Waals surface area contributed by atoms with E-state index >= 15 is 0 Å². The lowest BCUT2D eigenvalue weighted by Gasteiger charge is -2.19. The molecule has 160 valence electrons. The Kier molecular flexibility index (Phi) is 9.18. The van der Waals surface area contributed by atoms with Crippen LogP contribution in [-0.2, 0) is 27.2 Å². The molecule has 0 radical (unpaired) electrons. The summed E-state index contributed by atoms with van der Waals surface area (Å²) in [5.74, 6) is -1.49. The van der Waals surface area contributed by atoms with E-state index in [1.165, 1.54) is 6.92 Å². The number of carbonyl (C=O) groups excluding carboxylic acids is 2. The van der Waals surface area contributed by atoms with Gasteiger partial charge >= 0.3 is 5.97 Å². The van der Waals surface area contributed by atoms with E-state index in [-0.39, 0.29) is 18.1 Å². The predicted molar refractivity (Wildman–Crippen MR) is 116 cm³/mol. The van der Waals surface area contributed by atoms with Crippen LogP contribution in [0, 0.1) is 0 Å². The molecule has 0 bridgehead atoms. The number of aliphatic carboxylic acids is 1. The van der Waals surface area contributed by atoms with E-state index < -0.39 is 18.1 Å². The molecule has 2 atom stereocenters. The zero-order chi connectivity index (χ0) is 21.9. The molecule has 5 N–H and O–H groups in total. The van der Waals surface area contributed by atoms with Gasteiger partial charge in [0.25, 0.3) is 0 Å². The molecule has 7 nitrogen and oxygen atoms in total. The topological polar surface area (TPSA) is 122 Å². The van der Waals surface area contributed by atoms with Gasteiger partial charge in [-0.15, -0.1) is 0 Å². The van der Waals surface area contributed by atoms with Gasteiger partial charge in [0.15, 0.2) is 5.78 Å². The number of nitrogens with two attached hydrogens (primary N) is 1. The van der Waals surface area contributed by atoms with Crippen LogP contribution in [0.25, 0.3) is 0 Å². The van der Waals surface area contributed by atoms with Crippen molar-refractivity contribution in [3.63, 3.8) is 0 Å². The highest BCUT2D eigenvalue weighted by Gasteiger charge is 2.23. The van der Waals surface area contributed by atoms with Gasteiger partial charge in [0.1, 0.15) is 6.04 Å². The lowest BCUT2D eigenvalue weighted by atomic mass is 9.98. The molecule has 30 heavy (non-hydrogen) atoms. The molecule has 0 aromatic heterocycles. The van der Waals surface area contributed by atoms with E-state index in [4.69, 9.17) is 10.8 Å². The molecule has 2 rings (SSSR count). The van der Waals surface area contributed by atoms with Crippen molar-refractivity contribution in [3.8, 4) is 0 Å². The van der Waals surface area contributed by atoms with Gasteiger partial charge in [-0.25, -0.2) is 0 Å². The Morgan fingerprint density at radius 2 is 1.60 bits per heavy atom. The number of rotatable bonds is 12. The molecule has 0 saturated carbocycles. The minimum Gasteiger partial charge on any atom is -0.480 e. The summed E-state index contributed by atoms with van der Waals surface area (Å²) >= 11 is 0. The van der Waals surface area contributed by atoms with Crippen LogP contribution in [0.3, 0.4) is 0 Å². The van der Waals surface area contributed by atoms with E-state index in [0.29, 0.717) is 25.8 Å². The van der Waals surface area contributed by atoms with E-state index in [2.05, 4.69) is 10.6 Å². The third-order valence-electron chi connectivity index (χ3n) is 4.77. The Hall–Kier alpha value is -3.03. The van der Waals surface area contributed by atoms with Gasteiger partial charge in [-0.2, -0.15) is 0 Å². The van der Waals surface area contributed by atoms with Crippen LogP contribution in [0.2, 0.25) is 0 Å². The first-order valence-electron chi connectivity index (χ1n) is 10.00. The number of carbonyl (C=O) groups is 3. The van der Waals surface area contributed by atoms with Crippen molar-refractivity contribution in [1.29, 1.82) is 0 Å². The molecule has 0 aliphatic heterocycles. The molecule has 0 heterocycles. The second-order valence-corrected chi connectivity index (χ2v) is 7.27. The molecular formula is C23H29N3O4. The first-order chi connectivity index (χ1) is 14.3. The number of nitrogens with one attached hydrogen (secondary N) is 2. The zero-order valence-corrected chi connectivity index (χ0v) is 17.1. The van der Waals surface area contributed by atoms with Gasteiger partial charge in [0, 0.05) is 19.0 Å². The van der Waals surface area contributed by atoms with Crippen LogP contribution in [0.5, 0.6) is 0 Å². The largest absolute Gasteiger partial charge is 0.480 e. The minimum absolute atomic E-state index is 0.122. The van der Waals surface area contributed by atoms with Crippen LogP contribution in [0.4, 0.5) is 5.69 Å². The highest BCUT2D eigenvalue weighted by Crippen LogP contribution is 2.11. The first kappa shape index (κ1) is 23.3. The number of aryl methyl sites for hydroxylation is 1. The Morgan fingerprint density at radius 1 is 0.967 bits per heavy atom. The number of amides is 1. The second-order valence-electron chi connectivity index (χ2n) is 7.27. The summed E-state index contributed by atoms with van der Waals surface area (Å²) in [5.41, 5.74) is 8.47. The van der Waals surface area contributed by atoms with Crippen LogP contribution < -0.4 is 16.4 Å². The van der Waals surface area contributed by atoms with E-state index in [9.17, 15) is 14.4 Å². The van der Waals surface area contributed by atoms with Gasteiger partial charge in [-0.1, -0.05) is 42.5 Å². The monoisotopic (exact) mass is 411 g/mol. The average molecular weight is 412 g/mol. The Bertz CT molecular complexity index is 837. The van der Waals surface area contributed by atoms with Crippen molar-refractivity contribution in [2.24, 2.45) is 5.73 Å². The van der Waals surface area contributed by atoms with Crippen LogP contribution in [0.15, 0.2) is 54.6 Å². The number of anilines is 1. The molecule has 0 aliphatic carbocycles. The van der Waals surface area contributed by atoms with Crippen LogP contribution >= 0.6 is 0 Å². The van der Waals surface area contributed by atoms with Crippen molar-refractivity contribution >= 4 is 23.3 Å². The molecule has 2 aromatic carbocycles. The van der Waals surface area contributed by atoms with Gasteiger partial charge < -0.3 is 21.5 Å². The molecule has 0 spiro atoms. The molecule has 1 amide bonds. The Labute approximate surface area is 176 Å². The van der Waals surface area contributed by atoms with Gasteiger partial charge in [-0.3, -0.25) is 14.4 Å². The molecule has 0 aliphatic rings. The van der Waals surface area contributed by atoms with Crippen molar-refractivity contribution < 1.29 is 19.5 Å². The molecule has 0 saturated heterocycles. The summed E-state index contributed by atoms with van der Waals surface area (Å²) < 4.78 is 0. The molecule has 2 aromatic rings. The molecule has 7 heteroatoms. The van der Waals surface area contributed by atoms with Crippen molar-refractivity contribution in [1.82, 2.24) is 5.32 Å². The maximum Gasteiger partial charge on any atom is 0.320 e. The van der Waals surface area contributed by atoms with Gasteiger partial charge in [0.2, 0.25) is 5.91 Å². The predicted octanol–water partition coefficient (Wildman–Crippen LogP) is 2.15. The van der Waals surface area contributed by atoms with Crippen LogP contribution in [-0.4, -0.2) is 41.4 Å². The molecule has 0 fully saturated rings. The number of Topliss-reactive ketones (excluding diaryl/α,β-unsaturated/α-hetero) is 1. The normalized spacial score (nSPS) is 12.7. The standard InChI is InChI=1S/C23H29N3O4/c1-16(27)26-19-10-7-18(8-11-19)13-14-25-21(22(28)15-20(24)23(29)30)12-9-17-5-3-2-4-6-17/h2-8,10-11,20-21,25H,9,12-15,24H2,1H3,(H,26,27)(H,29,30)/t20-,21?/m0/s1. The maximum absolute atomic E-state index is 12.6. The molecular weight excluding hydrogens is 382 g/mol. The fourth-order valence-corrected chi connectivity index (χ4v) is 3.13. The number of carboxylic acids is 1. The third-order valence-corrected chi connectivity index (χ3v) is 4.77. The van der Waals surface area contributed by atoms with Crippen molar-refractivity contribution in [2.45, 2.75) is 44.7 Å². The summed E-state index contributed by atoms with van der Waals surface area (Å²) in [4.78, 5) is 34.7. The van der Waals surface area contributed by atoms with Crippen LogP contribution in [0.1, 0.15) is 30.9 Å². The van der Waals surface area contributed by atoms with Crippen molar-refractivity contribution in [3.05, 3.63) is 65.7 Å². The Morgan fingerprint density at radius 3 is 2.20 bits per heavy atom. The molecule has 1 unspecified atom stereocenters. The summed E-state index contributed by atoms with van der Waals surface area (Å²) in [5, 5.41) is 15.0. The Balaban J connectivity index is 1.93. The van der Waals surface area contributed by atoms with Gasteiger partial charge in [0.05, 0.1) is 6.04 Å². The second kappa shape index (κ2) is 11.8. The summed E-state index contributed by atoms with van der Waals surface area (Å²) in [6.45, 7) is 2.02. The summed E-state index contributed by atoms with van der Waals surface area (Å²) in [6, 6.07) is 15.7. The van der Waals surface area contributed by atoms with E-state index in [1.54, 1.807) is 0 Å². The SMILES string of the molecule is CC(=O)Nc1ccc(CCNC(CCc2ccccc2)C(=O)C[C@H](N)C(=O)O)cc1. The highest BCUT2D eigenvalue weighted by molar-refractivity contribution is 5.89. The number of hydrogen-bond donors (Lipinski definition) is 4. The minimum atomic E-state index is -1.19. The fourth-order valence-electron chi connectivity index (χ4n) is 3.13. The fraction of sp³-hybridized carbons (Fsp3) is 0.348. The third kappa shape index (κ3) is 8.14. The number of ketones is 1. The number of hydrogen-bond acceptors (Lipinski definition) is 5. The van der Waals surface area contributed by atoms with Crippen molar-refractivity contribution in [2.75, 3.05) is 11.9 Å². The number of carboxylic acid groups (broad SMARTS) is 1. The highest BCUT2D eigenvalue weighted by atomic mass is 16.4. The van der Waals surface area contributed by atoms with E-state index in [1.807, 2.05) is 54.6 Å². The number of benzene rings is 2. The smallest absolute Gasteiger partial charge is 0.320 e. The zero-order valence-electron chi connectivity index (χ0n) is 17.1. The van der Waals surface area contributed by atoms with E-state index in [0.717, 1.165) is 16.8 Å².